The summed E-state index contributed by atoms with van der Waals surface area (Å²) in [6, 6.07) is 1.92. The van der Waals surface area contributed by atoms with Crippen molar-refractivity contribution in [3.05, 3.63) is 30.0 Å². The van der Waals surface area contributed by atoms with Crippen molar-refractivity contribution in [3.63, 3.8) is 0 Å². The van der Waals surface area contributed by atoms with Crippen molar-refractivity contribution in [2.75, 3.05) is 5.75 Å². The van der Waals surface area contributed by atoms with Crippen LogP contribution in [0.3, 0.4) is 0 Å². The molecule has 7 nitrogen and oxygen atoms in total. The molecule has 142 valence electrons. The Morgan fingerprint density at radius 3 is 2.96 bits per heavy atom. The van der Waals surface area contributed by atoms with Gasteiger partial charge in [-0.3, -0.25) is 0 Å². The third kappa shape index (κ3) is 3.39. The molecule has 0 atom stereocenters. The largest absolute Gasteiger partial charge is 0.552 e. The highest BCUT2D eigenvalue weighted by atomic mass is 32.2. The zero-order chi connectivity index (χ0) is 18.6. The lowest BCUT2D eigenvalue weighted by molar-refractivity contribution is 0.308. The van der Waals surface area contributed by atoms with Crippen LogP contribution in [0.4, 0.5) is 0 Å². The Labute approximate surface area is 158 Å². The maximum absolute atomic E-state index is 12.2. The minimum Gasteiger partial charge on any atom is -0.531 e. The van der Waals surface area contributed by atoms with E-state index in [-0.39, 0.29) is 17.7 Å². The first kappa shape index (κ1) is 17.3. The average Bonchev–Trinajstić information content (AvgIpc) is 3.30. The van der Waals surface area contributed by atoms with Crippen molar-refractivity contribution in [2.24, 2.45) is 11.8 Å². The van der Waals surface area contributed by atoms with Crippen molar-refractivity contribution in [3.8, 4) is 5.75 Å². The molecular formula is C18H22BN3O4S. The summed E-state index contributed by atoms with van der Waals surface area (Å²) in [4.78, 5) is 7.42. The number of nitrogens with one attached hydrogen (secondary N) is 2. The molecule has 3 heterocycles. The number of aromatic amines is 1. The van der Waals surface area contributed by atoms with Crippen molar-refractivity contribution in [1.29, 1.82) is 0 Å². The van der Waals surface area contributed by atoms with E-state index >= 15 is 0 Å². The molecule has 2 aromatic rings. The van der Waals surface area contributed by atoms with E-state index in [9.17, 15) is 13.4 Å². The monoisotopic (exact) mass is 387 g/mol. The number of sulfonamides is 1. The van der Waals surface area contributed by atoms with Crippen molar-refractivity contribution < 1.29 is 18.1 Å². The van der Waals surface area contributed by atoms with Crippen LogP contribution in [-0.2, 0) is 10.0 Å². The van der Waals surface area contributed by atoms with Gasteiger partial charge in [0.1, 0.15) is 11.4 Å². The van der Waals surface area contributed by atoms with Crippen LogP contribution < -0.4 is 9.38 Å². The van der Waals surface area contributed by atoms with E-state index in [1.54, 1.807) is 12.2 Å². The normalized spacial score (nSPS) is 24.9. The standard InChI is InChI=1S/C18H22BN3O4S/c23-19-9-15(17-14-3-5-20-18(14)21-10-16(17)26-19)12-7-13(8-12)22-27(24,25)6-4-11-1-2-11/h3,5,9-13,22-23H,1-2,4,6-8H2,(H,20,21)/t12-,13+. The molecule has 0 bridgehead atoms. The molecule has 9 heteroatoms. The molecule has 2 saturated carbocycles. The predicted octanol–water partition coefficient (Wildman–Crippen LogP) is 1.86. The summed E-state index contributed by atoms with van der Waals surface area (Å²) in [6.45, 7) is 0. The second kappa shape index (κ2) is 6.36. The molecule has 1 aliphatic heterocycles. The fourth-order valence-electron chi connectivity index (χ4n) is 4.13. The van der Waals surface area contributed by atoms with E-state index in [4.69, 9.17) is 4.65 Å². The lowest BCUT2D eigenvalue weighted by Gasteiger charge is -2.39. The quantitative estimate of drug-likeness (QED) is 0.657. The van der Waals surface area contributed by atoms with Gasteiger partial charge in [-0.15, -0.1) is 0 Å². The SMILES string of the molecule is O=S(=O)(CCC1CC1)N[C@H]1C[C@@H](C2=CB(O)Oc3cnc4[nH]ccc4c32)C1. The number of aromatic nitrogens is 2. The molecular weight excluding hydrogens is 365 g/mol. The number of hydrogen-bond acceptors (Lipinski definition) is 5. The van der Waals surface area contributed by atoms with Gasteiger partial charge in [-0.1, -0.05) is 12.8 Å². The van der Waals surface area contributed by atoms with Crippen LogP contribution >= 0.6 is 0 Å². The summed E-state index contributed by atoms with van der Waals surface area (Å²) in [6.07, 6.45) is 8.03. The average molecular weight is 387 g/mol. The second-order valence-corrected chi connectivity index (χ2v) is 9.78. The molecule has 2 aromatic heterocycles. The van der Waals surface area contributed by atoms with Crippen molar-refractivity contribution >= 4 is 33.7 Å². The van der Waals surface area contributed by atoms with Gasteiger partial charge in [0.2, 0.25) is 10.0 Å². The summed E-state index contributed by atoms with van der Waals surface area (Å²) in [5.74, 6) is 3.34. The van der Waals surface area contributed by atoms with Crippen LogP contribution in [-0.4, -0.2) is 42.3 Å². The zero-order valence-corrected chi connectivity index (χ0v) is 15.7. The molecule has 0 radical (unpaired) electrons. The smallest absolute Gasteiger partial charge is 0.531 e. The summed E-state index contributed by atoms with van der Waals surface area (Å²) >= 11 is 0. The van der Waals surface area contributed by atoms with Gasteiger partial charge >= 0.3 is 7.12 Å². The Balaban J connectivity index is 1.31. The number of rotatable bonds is 6. The lowest BCUT2D eigenvalue weighted by atomic mass is 9.68. The van der Waals surface area contributed by atoms with Gasteiger partial charge in [-0.05, 0) is 48.7 Å². The Hall–Kier alpha value is -1.84. The van der Waals surface area contributed by atoms with Gasteiger partial charge in [0.05, 0.1) is 11.9 Å². The number of hydrogen-bond donors (Lipinski definition) is 3. The van der Waals surface area contributed by atoms with E-state index in [1.807, 2.05) is 12.3 Å². The minimum atomic E-state index is -3.21. The molecule has 2 aliphatic carbocycles. The molecule has 0 spiro atoms. The summed E-state index contributed by atoms with van der Waals surface area (Å²) < 4.78 is 32.8. The van der Waals surface area contributed by atoms with Gasteiger partial charge in [-0.2, -0.15) is 0 Å². The fraction of sp³-hybridized carbons (Fsp3) is 0.500. The molecule has 3 aliphatic rings. The maximum Gasteiger partial charge on any atom is 0.552 e. The molecule has 0 unspecified atom stereocenters. The zero-order valence-electron chi connectivity index (χ0n) is 14.9. The lowest BCUT2D eigenvalue weighted by Crippen LogP contribution is -2.45. The first-order valence-corrected chi connectivity index (χ1v) is 11.2. The number of H-pyrrole nitrogens is 1. The number of pyridine rings is 1. The first-order chi connectivity index (χ1) is 13.0. The van der Waals surface area contributed by atoms with E-state index in [2.05, 4.69) is 14.7 Å². The fourth-order valence-corrected chi connectivity index (χ4v) is 5.59. The number of fused-ring (bicyclic) bond motifs is 3. The Morgan fingerprint density at radius 1 is 1.37 bits per heavy atom. The van der Waals surface area contributed by atoms with Gasteiger partial charge in [0.25, 0.3) is 0 Å². The summed E-state index contributed by atoms with van der Waals surface area (Å²) in [5, 5.41) is 11.0. The van der Waals surface area contributed by atoms with Gasteiger partial charge in [0, 0.05) is 23.2 Å². The van der Waals surface area contributed by atoms with Gasteiger partial charge in [-0.25, -0.2) is 18.1 Å². The van der Waals surface area contributed by atoms with Crippen LogP contribution in [0, 0.1) is 11.8 Å². The third-order valence-corrected chi connectivity index (χ3v) is 7.29. The second-order valence-electron chi connectivity index (χ2n) is 7.90. The predicted molar refractivity (Wildman–Crippen MR) is 103 cm³/mol. The Bertz CT molecular complexity index is 1010. The Kier molecular flexibility index (Phi) is 4.07. The molecule has 0 amide bonds. The minimum absolute atomic E-state index is 0.0351. The maximum atomic E-state index is 12.2. The highest BCUT2D eigenvalue weighted by Crippen LogP contribution is 2.46. The molecule has 5 rings (SSSR count). The van der Waals surface area contributed by atoms with Crippen molar-refractivity contribution in [1.82, 2.24) is 14.7 Å². The first-order valence-electron chi connectivity index (χ1n) is 9.51. The van der Waals surface area contributed by atoms with E-state index in [0.717, 1.165) is 41.4 Å². The summed E-state index contributed by atoms with van der Waals surface area (Å²) in [7, 11) is -4.21. The van der Waals surface area contributed by atoms with Crippen LogP contribution in [0.2, 0.25) is 0 Å². The topological polar surface area (TPSA) is 104 Å². The van der Waals surface area contributed by atoms with Crippen LogP contribution in [0.15, 0.2) is 24.4 Å². The van der Waals surface area contributed by atoms with Crippen molar-refractivity contribution in [2.45, 2.75) is 38.1 Å². The van der Waals surface area contributed by atoms with Crippen LogP contribution in [0.1, 0.15) is 37.7 Å². The van der Waals surface area contributed by atoms with E-state index < -0.39 is 17.1 Å². The van der Waals surface area contributed by atoms with Gasteiger partial charge in [0.15, 0.2) is 0 Å². The van der Waals surface area contributed by atoms with E-state index in [1.165, 1.54) is 12.8 Å². The highest BCUT2D eigenvalue weighted by Gasteiger charge is 2.39. The molecule has 27 heavy (non-hydrogen) atoms. The van der Waals surface area contributed by atoms with Crippen LogP contribution in [0.5, 0.6) is 5.75 Å². The van der Waals surface area contributed by atoms with Gasteiger partial charge < -0.3 is 14.7 Å². The van der Waals surface area contributed by atoms with E-state index in [0.29, 0.717) is 11.7 Å². The third-order valence-electron chi connectivity index (χ3n) is 5.83. The number of allylic oxidation sites excluding steroid dienone is 1. The highest BCUT2D eigenvalue weighted by molar-refractivity contribution is 7.89. The molecule has 0 saturated heterocycles. The summed E-state index contributed by atoms with van der Waals surface area (Å²) in [5.41, 5.74) is 2.74. The van der Waals surface area contributed by atoms with Crippen LogP contribution in [0.25, 0.3) is 16.6 Å². The molecule has 3 N–H and O–H groups in total. The number of nitrogens with zero attached hydrogens (tertiary/aromatic N) is 1. The molecule has 2 fully saturated rings. The Morgan fingerprint density at radius 2 is 2.19 bits per heavy atom. The molecule has 0 aromatic carbocycles.